The van der Waals surface area contributed by atoms with Gasteiger partial charge < -0.3 is 63.8 Å². The van der Waals surface area contributed by atoms with E-state index >= 15 is 0 Å². The van der Waals surface area contributed by atoms with Crippen LogP contribution < -0.4 is 54.0 Å². The molecular weight excluding hydrogens is 1170 g/mol. The molecule has 0 unspecified atom stereocenters. The van der Waals surface area contributed by atoms with Crippen LogP contribution in [-0.2, 0) is 47.9 Å². The van der Waals surface area contributed by atoms with Gasteiger partial charge in [-0.3, -0.25) is 47.9 Å². The molecule has 5 fully saturated rings. The third kappa shape index (κ3) is 24.8. The first-order valence-corrected chi connectivity index (χ1v) is 33.4. The molecule has 5 rings (SSSR count). The number of hydrogen-bond acceptors (Lipinski definition) is 12. The summed E-state index contributed by atoms with van der Waals surface area (Å²) in [5, 5.41) is 23.8. The standard InChI is InChI=1S/C64H112N12O10.2ClH/c1-39(2)33-47-57(79)67-45(25-15-17-29-65)55(77)73-51(35-41(5)6)63(85)76-32-20-28-54(76)62(84)72-50(38-44-23-13-10-14-24-44)60(82)70-48(34-40(3)4)58(80)68-46(26-16-18-30-66)56(78)74-52(36-42(7)8)64(86)75-31-19-27-53(75)61(83)71-49(59(81)69-47)37-43-21-11-9-12-22-43;;/h39-54H,9-38,65-66H2,1-8H3,(H,67,79)(H,68,80)(H,69,81)(H,70,82)(H,71,83)(H,72,84)(H,73,77)(H,74,78);2*1H/t45-,46-,47-,48-,49+,50+,51-,52-,53+,54+;;/m1../s1. The summed E-state index contributed by atoms with van der Waals surface area (Å²) >= 11 is 0. The van der Waals surface area contributed by atoms with Gasteiger partial charge >= 0.3 is 0 Å². The fraction of sp³-hybridized carbons (Fsp3) is 0.844. The summed E-state index contributed by atoms with van der Waals surface area (Å²) in [4.78, 5) is 151. The Hall–Kier alpha value is -4.80. The molecule has 3 aliphatic heterocycles. The van der Waals surface area contributed by atoms with Crippen molar-refractivity contribution in [1.29, 1.82) is 0 Å². The number of nitrogens with zero attached hydrogens (tertiary/aromatic N) is 2. The Labute approximate surface area is 537 Å². The molecule has 0 spiro atoms. The summed E-state index contributed by atoms with van der Waals surface area (Å²) in [6.45, 7) is 16.4. The summed E-state index contributed by atoms with van der Waals surface area (Å²) in [7, 11) is 0. The lowest BCUT2D eigenvalue weighted by molar-refractivity contribution is -0.143. The zero-order valence-corrected chi connectivity index (χ0v) is 56.0. The van der Waals surface area contributed by atoms with Gasteiger partial charge in [0, 0.05) is 13.1 Å². The lowest BCUT2D eigenvalue weighted by Crippen LogP contribution is -2.61. The van der Waals surface area contributed by atoms with Crippen LogP contribution >= 0.6 is 24.8 Å². The Kier molecular flexibility index (Phi) is 34.7. The lowest BCUT2D eigenvalue weighted by atomic mass is 9.84. The van der Waals surface area contributed by atoms with E-state index in [1.54, 1.807) is 0 Å². The number of carbonyl (C=O) groups excluding carboxylic acids is 10. The van der Waals surface area contributed by atoms with Crippen molar-refractivity contribution in [2.45, 2.75) is 283 Å². The van der Waals surface area contributed by atoms with Crippen LogP contribution in [0.4, 0.5) is 0 Å². The molecule has 504 valence electrons. The molecule has 3 saturated heterocycles. The number of nitrogens with one attached hydrogen (secondary N) is 8. The Morgan fingerprint density at radius 1 is 0.341 bits per heavy atom. The summed E-state index contributed by atoms with van der Waals surface area (Å²) in [6.07, 6.45) is 14.8. The fourth-order valence-corrected chi connectivity index (χ4v) is 13.5. The van der Waals surface area contributed by atoms with Crippen LogP contribution in [0.3, 0.4) is 0 Å². The van der Waals surface area contributed by atoms with Crippen LogP contribution in [0.25, 0.3) is 0 Å². The molecule has 2 aliphatic carbocycles. The summed E-state index contributed by atoms with van der Waals surface area (Å²) in [6, 6.07) is -10.8. The number of fused-ring (bicyclic) bond motifs is 2. The summed E-state index contributed by atoms with van der Waals surface area (Å²) in [5.41, 5.74) is 11.8. The number of unbranched alkanes of at least 4 members (excludes halogenated alkanes) is 2. The molecule has 88 heavy (non-hydrogen) atoms. The van der Waals surface area contributed by atoms with E-state index < -0.39 is 119 Å². The third-order valence-corrected chi connectivity index (χ3v) is 18.0. The SMILES string of the molecule is CC(C)C[C@H]1NC(=O)[C@H](CC2CCCCC2)NC(=O)[C@@H]2CCCN2C(=O)[C@@H](CC(C)C)NC(=O)[C@@H](CCCCN)NC(=O)[C@@H](CC(C)C)NC(=O)[C@H](CC2CCCCC2)NC(=O)[C@@H]2CCCN2C(=O)[C@@H](CC(C)C)NC(=O)[C@@H](CCCCN)NC1=O.Cl.Cl. The van der Waals surface area contributed by atoms with Gasteiger partial charge in [0.25, 0.3) is 0 Å². The summed E-state index contributed by atoms with van der Waals surface area (Å²) < 4.78 is 0. The minimum absolute atomic E-state index is 0. The second-order valence-corrected chi connectivity index (χ2v) is 27.4. The van der Waals surface area contributed by atoms with Gasteiger partial charge in [0.2, 0.25) is 59.1 Å². The van der Waals surface area contributed by atoms with E-state index in [-0.39, 0.29) is 112 Å². The second kappa shape index (κ2) is 39.5. The molecule has 22 nitrogen and oxygen atoms in total. The van der Waals surface area contributed by atoms with Gasteiger partial charge in [-0.1, -0.05) is 120 Å². The van der Waals surface area contributed by atoms with Crippen LogP contribution in [-0.4, -0.2) is 155 Å². The van der Waals surface area contributed by atoms with Gasteiger partial charge in [-0.2, -0.15) is 0 Å². The predicted molar refractivity (Wildman–Crippen MR) is 345 cm³/mol. The maximum Gasteiger partial charge on any atom is 0.245 e. The van der Waals surface area contributed by atoms with E-state index in [0.29, 0.717) is 77.3 Å². The first-order valence-electron chi connectivity index (χ1n) is 33.4. The molecule has 0 aromatic carbocycles. The molecule has 10 atom stereocenters. The highest BCUT2D eigenvalue weighted by Gasteiger charge is 2.44. The van der Waals surface area contributed by atoms with E-state index in [2.05, 4.69) is 42.5 Å². The van der Waals surface area contributed by atoms with Crippen molar-refractivity contribution in [3.05, 3.63) is 0 Å². The van der Waals surface area contributed by atoms with Crippen molar-refractivity contribution in [1.82, 2.24) is 52.3 Å². The number of halogens is 2. The molecular formula is C64H114Cl2N12O10. The minimum Gasteiger partial charge on any atom is -0.343 e. The third-order valence-electron chi connectivity index (χ3n) is 18.0. The van der Waals surface area contributed by atoms with E-state index in [1.807, 2.05) is 55.4 Å². The van der Waals surface area contributed by atoms with E-state index in [4.69, 9.17) is 11.5 Å². The average molecular weight is 1280 g/mol. The monoisotopic (exact) mass is 1280 g/mol. The lowest BCUT2D eigenvalue weighted by Gasteiger charge is -2.33. The van der Waals surface area contributed by atoms with Crippen molar-refractivity contribution >= 4 is 83.9 Å². The van der Waals surface area contributed by atoms with Crippen LogP contribution in [0.15, 0.2) is 0 Å². The van der Waals surface area contributed by atoms with E-state index in [9.17, 15) is 47.9 Å². The second-order valence-electron chi connectivity index (χ2n) is 27.4. The zero-order chi connectivity index (χ0) is 63.0. The highest BCUT2D eigenvalue weighted by molar-refractivity contribution is 6.00. The molecule has 0 bridgehead atoms. The molecule has 5 aliphatic rings. The number of rotatable bonds is 20. The van der Waals surface area contributed by atoms with Crippen molar-refractivity contribution in [2.24, 2.45) is 47.0 Å². The first-order chi connectivity index (χ1) is 41.0. The van der Waals surface area contributed by atoms with Crippen molar-refractivity contribution in [3.63, 3.8) is 0 Å². The molecule has 10 amide bonds. The molecule has 0 aromatic rings. The van der Waals surface area contributed by atoms with Crippen LogP contribution in [0.1, 0.15) is 222 Å². The Morgan fingerprint density at radius 3 is 0.932 bits per heavy atom. The highest BCUT2D eigenvalue weighted by Crippen LogP contribution is 2.30. The Balaban J connectivity index is 0.0000101. The number of carbonyl (C=O) groups is 10. The van der Waals surface area contributed by atoms with Crippen LogP contribution in [0.5, 0.6) is 0 Å². The van der Waals surface area contributed by atoms with Crippen molar-refractivity contribution in [3.8, 4) is 0 Å². The number of amides is 10. The molecule has 12 N–H and O–H groups in total. The van der Waals surface area contributed by atoms with Gasteiger partial charge in [0.05, 0.1) is 0 Å². The zero-order valence-electron chi connectivity index (χ0n) is 54.4. The van der Waals surface area contributed by atoms with Crippen molar-refractivity contribution < 1.29 is 47.9 Å². The van der Waals surface area contributed by atoms with Gasteiger partial charge in [0.15, 0.2) is 0 Å². The molecule has 0 aromatic heterocycles. The normalized spacial score (nSPS) is 27.9. The average Bonchev–Trinajstić information content (AvgIpc) is 3.62. The van der Waals surface area contributed by atoms with Crippen LogP contribution in [0.2, 0.25) is 0 Å². The Morgan fingerprint density at radius 2 is 0.614 bits per heavy atom. The van der Waals surface area contributed by atoms with E-state index in [1.165, 1.54) is 9.80 Å². The molecule has 24 heteroatoms. The van der Waals surface area contributed by atoms with Gasteiger partial charge in [-0.05, 0) is 151 Å². The molecule has 3 heterocycles. The maximum atomic E-state index is 14.9. The van der Waals surface area contributed by atoms with Gasteiger partial charge in [-0.25, -0.2) is 0 Å². The molecule has 0 radical (unpaired) electrons. The van der Waals surface area contributed by atoms with Crippen molar-refractivity contribution in [2.75, 3.05) is 26.2 Å². The highest BCUT2D eigenvalue weighted by atomic mass is 35.5. The smallest absolute Gasteiger partial charge is 0.245 e. The number of hydrogen-bond donors (Lipinski definition) is 10. The fourth-order valence-electron chi connectivity index (χ4n) is 13.5. The maximum absolute atomic E-state index is 14.9. The number of nitrogens with two attached hydrogens (primary N) is 2. The first kappa shape index (κ1) is 77.4. The van der Waals surface area contributed by atoms with Gasteiger partial charge in [-0.15, -0.1) is 24.8 Å². The predicted octanol–water partition coefficient (Wildman–Crippen LogP) is 5.09. The van der Waals surface area contributed by atoms with Crippen LogP contribution in [0, 0.1) is 35.5 Å². The largest absolute Gasteiger partial charge is 0.343 e. The topological polar surface area (TPSA) is 325 Å². The van der Waals surface area contributed by atoms with E-state index in [0.717, 1.165) is 64.2 Å². The minimum atomic E-state index is -1.14. The quantitative estimate of drug-likeness (QED) is 0.0714. The summed E-state index contributed by atoms with van der Waals surface area (Å²) in [5.74, 6) is -5.75. The molecule has 2 saturated carbocycles. The van der Waals surface area contributed by atoms with Gasteiger partial charge in [0.1, 0.15) is 60.4 Å². The Bertz CT molecular complexity index is 2100.